The van der Waals surface area contributed by atoms with Crippen molar-refractivity contribution in [3.05, 3.63) is 35.9 Å². The maximum atomic E-state index is 11.0. The number of hydrogen-bond acceptors (Lipinski definition) is 5. The summed E-state index contributed by atoms with van der Waals surface area (Å²) in [6.45, 7) is 1.42. The van der Waals surface area contributed by atoms with E-state index in [1.807, 2.05) is 30.3 Å². The molecule has 1 aromatic rings. The summed E-state index contributed by atoms with van der Waals surface area (Å²) < 4.78 is 4.52. The second kappa shape index (κ2) is 9.07. The molecule has 2 atom stereocenters. The molecule has 6 nitrogen and oxygen atoms in total. The first-order valence-electron chi connectivity index (χ1n) is 5.74. The van der Waals surface area contributed by atoms with Crippen LogP contribution in [0.25, 0.3) is 0 Å². The molecule has 0 aliphatic carbocycles. The third-order valence-electron chi connectivity index (χ3n) is 2.19. The van der Waals surface area contributed by atoms with E-state index in [4.69, 9.17) is 16.6 Å². The van der Waals surface area contributed by atoms with Crippen LogP contribution in [-0.2, 0) is 20.7 Å². The molecule has 106 valence electrons. The van der Waals surface area contributed by atoms with E-state index in [0.29, 0.717) is 6.42 Å². The van der Waals surface area contributed by atoms with Gasteiger partial charge in [0.05, 0.1) is 7.11 Å². The molecule has 0 saturated carbocycles. The monoisotopic (exact) mass is 268 g/mol. The lowest BCUT2D eigenvalue weighted by Crippen LogP contribution is -2.33. The minimum absolute atomic E-state index is 0.371. The first-order chi connectivity index (χ1) is 8.88. The summed E-state index contributed by atoms with van der Waals surface area (Å²) >= 11 is 0. The van der Waals surface area contributed by atoms with Gasteiger partial charge in [-0.05, 0) is 18.9 Å². The SMILES string of the molecule is CC(N)C(=O)O.COC(=O)C(N)Cc1ccccc1. The fourth-order valence-electron chi connectivity index (χ4n) is 1.10. The number of rotatable bonds is 4. The van der Waals surface area contributed by atoms with Crippen LogP contribution >= 0.6 is 0 Å². The zero-order chi connectivity index (χ0) is 14.8. The van der Waals surface area contributed by atoms with Crippen molar-refractivity contribution < 1.29 is 19.4 Å². The smallest absolute Gasteiger partial charge is 0.322 e. The average molecular weight is 268 g/mol. The van der Waals surface area contributed by atoms with Crippen LogP contribution in [0.3, 0.4) is 0 Å². The largest absolute Gasteiger partial charge is 0.480 e. The minimum Gasteiger partial charge on any atom is -0.480 e. The summed E-state index contributed by atoms with van der Waals surface area (Å²) in [5.74, 6) is -1.33. The zero-order valence-electron chi connectivity index (χ0n) is 11.1. The van der Waals surface area contributed by atoms with Gasteiger partial charge in [0.2, 0.25) is 0 Å². The molecule has 2 unspecified atom stereocenters. The molecule has 0 amide bonds. The predicted octanol–water partition coefficient (Wildman–Crippen LogP) is 0.148. The van der Waals surface area contributed by atoms with Crippen molar-refractivity contribution in [1.82, 2.24) is 0 Å². The molecule has 6 heteroatoms. The van der Waals surface area contributed by atoms with E-state index in [-0.39, 0.29) is 5.97 Å². The minimum atomic E-state index is -0.963. The molecular weight excluding hydrogens is 248 g/mol. The number of methoxy groups -OCH3 is 1. The van der Waals surface area contributed by atoms with E-state index in [1.165, 1.54) is 14.0 Å². The van der Waals surface area contributed by atoms with Crippen molar-refractivity contribution in [2.45, 2.75) is 25.4 Å². The molecule has 19 heavy (non-hydrogen) atoms. The Hall–Kier alpha value is -1.92. The highest BCUT2D eigenvalue weighted by atomic mass is 16.5. The van der Waals surface area contributed by atoms with E-state index >= 15 is 0 Å². The Labute approximate surface area is 112 Å². The molecule has 0 saturated heterocycles. The van der Waals surface area contributed by atoms with Crippen LogP contribution in [0.2, 0.25) is 0 Å². The van der Waals surface area contributed by atoms with Crippen molar-refractivity contribution in [2.75, 3.05) is 7.11 Å². The van der Waals surface area contributed by atoms with Crippen LogP contribution in [0.5, 0.6) is 0 Å². The Balaban J connectivity index is 0.000000459. The van der Waals surface area contributed by atoms with Gasteiger partial charge in [-0.25, -0.2) is 0 Å². The van der Waals surface area contributed by atoms with Crippen molar-refractivity contribution in [3.8, 4) is 0 Å². The van der Waals surface area contributed by atoms with Crippen molar-refractivity contribution in [2.24, 2.45) is 11.5 Å². The van der Waals surface area contributed by atoms with Gasteiger partial charge in [0.25, 0.3) is 0 Å². The highest BCUT2D eigenvalue weighted by Gasteiger charge is 2.13. The van der Waals surface area contributed by atoms with E-state index in [2.05, 4.69) is 4.74 Å². The van der Waals surface area contributed by atoms with Gasteiger partial charge in [-0.1, -0.05) is 30.3 Å². The van der Waals surface area contributed by atoms with Gasteiger partial charge in [-0.15, -0.1) is 0 Å². The number of benzene rings is 1. The average Bonchev–Trinajstić information content (AvgIpc) is 2.39. The number of ether oxygens (including phenoxy) is 1. The molecule has 0 bridgehead atoms. The second-order valence-corrected chi connectivity index (χ2v) is 3.95. The number of aliphatic carboxylic acids is 1. The molecule has 0 spiro atoms. The Morgan fingerprint density at radius 3 is 2.11 bits per heavy atom. The van der Waals surface area contributed by atoms with Gasteiger partial charge in [0.15, 0.2) is 0 Å². The maximum Gasteiger partial charge on any atom is 0.322 e. The van der Waals surface area contributed by atoms with E-state index in [9.17, 15) is 9.59 Å². The van der Waals surface area contributed by atoms with Crippen LogP contribution < -0.4 is 11.5 Å². The molecule has 1 rings (SSSR count). The van der Waals surface area contributed by atoms with Crippen LogP contribution in [0.4, 0.5) is 0 Å². The van der Waals surface area contributed by atoms with E-state index in [1.54, 1.807) is 0 Å². The molecule has 0 heterocycles. The first kappa shape index (κ1) is 17.1. The van der Waals surface area contributed by atoms with E-state index < -0.39 is 18.1 Å². The van der Waals surface area contributed by atoms with Crippen molar-refractivity contribution >= 4 is 11.9 Å². The highest BCUT2D eigenvalue weighted by molar-refractivity contribution is 5.75. The number of carbonyl (C=O) groups excluding carboxylic acids is 1. The lowest BCUT2D eigenvalue weighted by molar-refractivity contribution is -0.142. The van der Waals surface area contributed by atoms with Crippen molar-refractivity contribution in [3.63, 3.8) is 0 Å². The Bertz CT molecular complexity index is 393. The van der Waals surface area contributed by atoms with Crippen LogP contribution in [0, 0.1) is 0 Å². The first-order valence-corrected chi connectivity index (χ1v) is 5.74. The summed E-state index contributed by atoms with van der Waals surface area (Å²) in [4.78, 5) is 20.5. The van der Waals surface area contributed by atoms with Gasteiger partial charge in [-0.2, -0.15) is 0 Å². The predicted molar refractivity (Wildman–Crippen MR) is 71.4 cm³/mol. The zero-order valence-corrected chi connectivity index (χ0v) is 11.1. The number of carbonyl (C=O) groups is 2. The lowest BCUT2D eigenvalue weighted by atomic mass is 10.1. The Morgan fingerprint density at radius 1 is 1.26 bits per heavy atom. The molecule has 1 aromatic carbocycles. The fourth-order valence-corrected chi connectivity index (χ4v) is 1.10. The quantitative estimate of drug-likeness (QED) is 0.669. The standard InChI is InChI=1S/C10H13NO2.C3H7NO2/c1-13-10(12)9(11)7-8-5-3-2-4-6-8;1-2(4)3(5)6/h2-6,9H,7,11H2,1H3;2H,4H2,1H3,(H,5,6). The van der Waals surface area contributed by atoms with Gasteiger partial charge in [0, 0.05) is 0 Å². The molecule has 0 radical (unpaired) electrons. The molecule has 0 aromatic heterocycles. The molecule has 0 aliphatic heterocycles. The fraction of sp³-hybridized carbons (Fsp3) is 0.385. The Morgan fingerprint density at radius 2 is 1.74 bits per heavy atom. The summed E-state index contributed by atoms with van der Waals surface area (Å²) in [5.41, 5.74) is 11.5. The summed E-state index contributed by atoms with van der Waals surface area (Å²) in [6.07, 6.45) is 0.521. The summed E-state index contributed by atoms with van der Waals surface area (Å²) in [5, 5.41) is 7.87. The topological polar surface area (TPSA) is 116 Å². The molecule has 0 aliphatic rings. The second-order valence-electron chi connectivity index (χ2n) is 3.95. The number of esters is 1. The van der Waals surface area contributed by atoms with Crippen LogP contribution in [0.1, 0.15) is 12.5 Å². The molecular formula is C13H20N2O4. The lowest BCUT2D eigenvalue weighted by Gasteiger charge is -2.08. The maximum absolute atomic E-state index is 11.0. The number of carboxylic acid groups (broad SMARTS) is 1. The van der Waals surface area contributed by atoms with Gasteiger partial charge >= 0.3 is 11.9 Å². The van der Waals surface area contributed by atoms with Crippen LogP contribution in [-0.4, -0.2) is 36.2 Å². The Kier molecular flexibility index (Phi) is 8.15. The number of carboxylic acids is 1. The third kappa shape index (κ3) is 7.91. The molecule has 5 N–H and O–H groups in total. The highest BCUT2D eigenvalue weighted by Crippen LogP contribution is 2.02. The summed E-state index contributed by atoms with van der Waals surface area (Å²) in [7, 11) is 1.34. The van der Waals surface area contributed by atoms with Gasteiger partial charge in [0.1, 0.15) is 12.1 Å². The summed E-state index contributed by atoms with van der Waals surface area (Å²) in [6, 6.07) is 8.33. The van der Waals surface area contributed by atoms with E-state index in [0.717, 1.165) is 5.56 Å². The third-order valence-corrected chi connectivity index (χ3v) is 2.19. The molecule has 0 fully saturated rings. The normalized spacial score (nSPS) is 12.6. The number of nitrogens with two attached hydrogens (primary N) is 2. The van der Waals surface area contributed by atoms with Crippen LogP contribution in [0.15, 0.2) is 30.3 Å². The number of hydrogen-bond donors (Lipinski definition) is 3. The van der Waals surface area contributed by atoms with Crippen molar-refractivity contribution in [1.29, 1.82) is 0 Å². The van der Waals surface area contributed by atoms with Gasteiger partial charge in [-0.3, -0.25) is 9.59 Å². The van der Waals surface area contributed by atoms with Gasteiger partial charge < -0.3 is 21.3 Å².